The maximum absolute atomic E-state index is 12.5. The molecule has 0 bridgehead atoms. The van der Waals surface area contributed by atoms with E-state index in [9.17, 15) is 4.79 Å². The molecule has 124 valence electrons. The van der Waals surface area contributed by atoms with E-state index in [4.69, 9.17) is 0 Å². The molecule has 2 aliphatic rings. The molecule has 4 rings (SSSR count). The van der Waals surface area contributed by atoms with E-state index in [1.54, 1.807) is 0 Å². The molecule has 0 aliphatic carbocycles. The highest BCUT2D eigenvalue weighted by molar-refractivity contribution is 6.03. The number of para-hydroxylation sites is 2. The molecule has 3 nitrogen and oxygen atoms in total. The number of nitrogens with zero attached hydrogens (tertiary/aromatic N) is 2. The van der Waals surface area contributed by atoms with Crippen LogP contribution in [0, 0.1) is 5.92 Å². The first kappa shape index (κ1) is 15.3. The number of benzene rings is 2. The highest BCUT2D eigenvalue weighted by Crippen LogP contribution is 2.46. The maximum atomic E-state index is 12.5. The van der Waals surface area contributed by atoms with Gasteiger partial charge >= 0.3 is 0 Å². The van der Waals surface area contributed by atoms with Crippen molar-refractivity contribution in [1.82, 2.24) is 0 Å². The summed E-state index contributed by atoms with van der Waals surface area (Å²) in [5, 5.41) is 0. The second-order valence-electron chi connectivity index (χ2n) is 6.88. The van der Waals surface area contributed by atoms with Crippen molar-refractivity contribution in [2.24, 2.45) is 5.92 Å². The fraction of sp³-hybridized carbons (Fsp3) is 0.381. The van der Waals surface area contributed by atoms with Gasteiger partial charge in [0.15, 0.2) is 0 Å². The minimum Gasteiger partial charge on any atom is -0.371 e. The Kier molecular flexibility index (Phi) is 4.01. The normalized spacial score (nSPS) is 24.0. The predicted octanol–water partition coefficient (Wildman–Crippen LogP) is 4.40. The number of rotatable bonds is 3. The Balaban J connectivity index is 1.71. The van der Waals surface area contributed by atoms with E-state index in [1.807, 2.05) is 35.2 Å². The molecule has 0 spiro atoms. The lowest BCUT2D eigenvalue weighted by Gasteiger charge is -2.47. The minimum absolute atomic E-state index is 0.0381. The van der Waals surface area contributed by atoms with Crippen molar-refractivity contribution in [3.05, 3.63) is 60.2 Å². The van der Waals surface area contributed by atoms with E-state index in [0.717, 1.165) is 18.8 Å². The lowest BCUT2D eigenvalue weighted by Crippen LogP contribution is -2.54. The van der Waals surface area contributed by atoms with Crippen molar-refractivity contribution in [3.63, 3.8) is 0 Å². The molecule has 1 amide bonds. The Labute approximate surface area is 143 Å². The predicted molar refractivity (Wildman–Crippen MR) is 98.3 cm³/mol. The summed E-state index contributed by atoms with van der Waals surface area (Å²) in [4.78, 5) is 17.0. The molecular weight excluding hydrogens is 296 g/mol. The molecule has 2 heterocycles. The zero-order valence-electron chi connectivity index (χ0n) is 14.2. The lowest BCUT2D eigenvalue weighted by atomic mass is 9.82. The Morgan fingerprint density at radius 2 is 1.54 bits per heavy atom. The van der Waals surface area contributed by atoms with E-state index in [-0.39, 0.29) is 17.9 Å². The zero-order valence-corrected chi connectivity index (χ0v) is 14.2. The maximum Gasteiger partial charge on any atom is 0.232 e. The third kappa shape index (κ3) is 2.48. The first-order chi connectivity index (χ1) is 11.8. The number of carbonyl (C=O) groups is 1. The quantitative estimate of drug-likeness (QED) is 0.783. The van der Waals surface area contributed by atoms with Gasteiger partial charge in [0, 0.05) is 24.5 Å². The van der Waals surface area contributed by atoms with Crippen LogP contribution in [-0.4, -0.2) is 19.0 Å². The van der Waals surface area contributed by atoms with Crippen molar-refractivity contribution in [3.8, 4) is 0 Å². The van der Waals surface area contributed by atoms with Gasteiger partial charge in [0.1, 0.15) is 0 Å². The monoisotopic (exact) mass is 320 g/mol. The summed E-state index contributed by atoms with van der Waals surface area (Å²) in [6, 6.07) is 18.8. The molecule has 3 heteroatoms. The Morgan fingerprint density at radius 3 is 2.29 bits per heavy atom. The summed E-state index contributed by atoms with van der Waals surface area (Å²) in [7, 11) is 0. The summed E-state index contributed by atoms with van der Waals surface area (Å²) in [5.41, 5.74) is 3.59. The molecular formula is C21H24N2O. The van der Waals surface area contributed by atoms with E-state index in [1.165, 1.54) is 30.5 Å². The average Bonchev–Trinajstić information content (AvgIpc) is 2.66. The minimum atomic E-state index is 0.0381. The van der Waals surface area contributed by atoms with Crippen LogP contribution in [-0.2, 0) is 4.79 Å². The third-order valence-electron chi connectivity index (χ3n) is 5.37. The summed E-state index contributed by atoms with van der Waals surface area (Å²) in [5.74, 6) is 0.260. The molecule has 2 aromatic rings. The topological polar surface area (TPSA) is 23.6 Å². The number of anilines is 2. The molecule has 2 aromatic carbocycles. The SMILES string of the molecule is C[C@@H]1C(=O)N(c2ccccc2)[C@H]1c1ccccc1N1CCCCC1. The van der Waals surface area contributed by atoms with Crippen LogP contribution in [0.1, 0.15) is 37.8 Å². The van der Waals surface area contributed by atoms with Gasteiger partial charge in [-0.3, -0.25) is 4.79 Å². The third-order valence-corrected chi connectivity index (χ3v) is 5.37. The van der Waals surface area contributed by atoms with Crippen molar-refractivity contribution in [1.29, 1.82) is 0 Å². The van der Waals surface area contributed by atoms with Gasteiger partial charge in [0.05, 0.1) is 12.0 Å². The fourth-order valence-electron chi connectivity index (χ4n) is 4.08. The molecule has 0 saturated carbocycles. The summed E-state index contributed by atoms with van der Waals surface area (Å²) < 4.78 is 0. The molecule has 2 atom stereocenters. The average molecular weight is 320 g/mol. The Bertz CT molecular complexity index is 722. The molecule has 0 aromatic heterocycles. The van der Waals surface area contributed by atoms with Crippen LogP contribution in [0.5, 0.6) is 0 Å². The van der Waals surface area contributed by atoms with Gasteiger partial charge in [-0.05, 0) is 43.0 Å². The number of piperidine rings is 1. The van der Waals surface area contributed by atoms with Crippen LogP contribution in [0.4, 0.5) is 11.4 Å². The van der Waals surface area contributed by atoms with Crippen molar-refractivity contribution >= 4 is 17.3 Å². The molecule has 2 fully saturated rings. The van der Waals surface area contributed by atoms with Gasteiger partial charge < -0.3 is 9.80 Å². The van der Waals surface area contributed by atoms with E-state index >= 15 is 0 Å². The highest BCUT2D eigenvalue weighted by atomic mass is 16.2. The van der Waals surface area contributed by atoms with Crippen LogP contribution < -0.4 is 9.80 Å². The standard InChI is InChI=1S/C21H24N2O/c1-16-20(23(21(16)24)17-10-4-2-5-11-17)18-12-6-7-13-19(18)22-14-8-3-9-15-22/h2,4-7,10-13,16,20H,3,8-9,14-15H2,1H3/t16-,20+/m0/s1. The summed E-state index contributed by atoms with van der Waals surface area (Å²) >= 11 is 0. The van der Waals surface area contributed by atoms with Gasteiger partial charge in [0.25, 0.3) is 0 Å². The molecule has 2 saturated heterocycles. The van der Waals surface area contributed by atoms with Crippen molar-refractivity contribution in [2.75, 3.05) is 22.9 Å². The number of β-lactam (4-membered cyclic amide) rings is 1. The van der Waals surface area contributed by atoms with Crippen LogP contribution >= 0.6 is 0 Å². The van der Waals surface area contributed by atoms with Crippen LogP contribution in [0.15, 0.2) is 54.6 Å². The van der Waals surface area contributed by atoms with Gasteiger partial charge in [0.2, 0.25) is 5.91 Å². The first-order valence-corrected chi connectivity index (χ1v) is 8.99. The van der Waals surface area contributed by atoms with E-state index < -0.39 is 0 Å². The van der Waals surface area contributed by atoms with Crippen LogP contribution in [0.3, 0.4) is 0 Å². The van der Waals surface area contributed by atoms with Gasteiger partial charge in [-0.2, -0.15) is 0 Å². The van der Waals surface area contributed by atoms with Crippen LogP contribution in [0.25, 0.3) is 0 Å². The van der Waals surface area contributed by atoms with Crippen molar-refractivity contribution in [2.45, 2.75) is 32.2 Å². The fourth-order valence-corrected chi connectivity index (χ4v) is 4.08. The van der Waals surface area contributed by atoms with E-state index in [2.05, 4.69) is 36.1 Å². The molecule has 2 aliphatic heterocycles. The smallest absolute Gasteiger partial charge is 0.232 e. The number of hydrogen-bond donors (Lipinski definition) is 0. The Hall–Kier alpha value is -2.29. The second kappa shape index (κ2) is 6.31. The first-order valence-electron chi connectivity index (χ1n) is 8.99. The van der Waals surface area contributed by atoms with Gasteiger partial charge in [-0.25, -0.2) is 0 Å². The molecule has 0 N–H and O–H groups in total. The molecule has 24 heavy (non-hydrogen) atoms. The number of amides is 1. The summed E-state index contributed by atoms with van der Waals surface area (Å²) in [6.07, 6.45) is 3.85. The van der Waals surface area contributed by atoms with Crippen LogP contribution in [0.2, 0.25) is 0 Å². The summed E-state index contributed by atoms with van der Waals surface area (Å²) in [6.45, 7) is 4.30. The number of carbonyl (C=O) groups excluding carboxylic acids is 1. The molecule has 0 unspecified atom stereocenters. The molecule has 0 radical (unpaired) electrons. The highest BCUT2D eigenvalue weighted by Gasteiger charge is 2.46. The lowest BCUT2D eigenvalue weighted by molar-refractivity contribution is -0.129. The zero-order chi connectivity index (χ0) is 16.5. The largest absolute Gasteiger partial charge is 0.371 e. The van der Waals surface area contributed by atoms with Gasteiger partial charge in [-0.1, -0.05) is 43.3 Å². The van der Waals surface area contributed by atoms with Crippen molar-refractivity contribution < 1.29 is 4.79 Å². The van der Waals surface area contributed by atoms with E-state index in [0.29, 0.717) is 0 Å². The number of hydrogen-bond acceptors (Lipinski definition) is 2. The Morgan fingerprint density at radius 1 is 0.875 bits per heavy atom. The van der Waals surface area contributed by atoms with Gasteiger partial charge in [-0.15, -0.1) is 0 Å². The second-order valence-corrected chi connectivity index (χ2v) is 6.88.